The average Bonchev–Trinajstić information content (AvgIpc) is 2.42. The van der Waals surface area contributed by atoms with Gasteiger partial charge in [0.05, 0.1) is 7.11 Å². The molecule has 1 aromatic rings. The molecule has 0 aliphatic heterocycles. The number of benzene rings is 1. The molecule has 2 aliphatic rings. The molecule has 1 N–H and O–H groups in total. The largest absolute Gasteiger partial charge is 0.497 e. The van der Waals surface area contributed by atoms with Gasteiger partial charge in [-0.05, 0) is 60.8 Å². The Morgan fingerprint density at radius 3 is 2.84 bits per heavy atom. The first-order valence-corrected chi connectivity index (χ1v) is 7.60. The van der Waals surface area contributed by atoms with Gasteiger partial charge in [0.2, 0.25) is 0 Å². The Labute approximate surface area is 116 Å². The zero-order valence-corrected chi connectivity index (χ0v) is 12.2. The first-order valence-electron chi connectivity index (χ1n) is 7.60. The smallest absolute Gasteiger partial charge is 0.119 e. The van der Waals surface area contributed by atoms with Crippen LogP contribution in [-0.2, 0) is 6.42 Å². The monoisotopic (exact) mass is 259 g/mol. The highest BCUT2D eigenvalue weighted by Crippen LogP contribution is 2.41. The summed E-state index contributed by atoms with van der Waals surface area (Å²) in [6.45, 7) is 3.58. The number of hydrogen-bond donors (Lipinski definition) is 1. The first kappa shape index (κ1) is 13.0. The molecule has 2 heteroatoms. The van der Waals surface area contributed by atoms with E-state index in [9.17, 15) is 0 Å². The maximum atomic E-state index is 5.38. The standard InChI is InChI=1S/C17H25NO/c1-17(9-4-10-17)12-18-16-6-3-5-13-7-8-14(19-2)11-15(13)16/h7-8,11,16,18H,3-6,9-10,12H2,1-2H3. The van der Waals surface area contributed by atoms with Crippen molar-refractivity contribution in [2.24, 2.45) is 5.41 Å². The van der Waals surface area contributed by atoms with E-state index in [1.165, 1.54) is 49.7 Å². The Hall–Kier alpha value is -1.02. The molecule has 0 amide bonds. The van der Waals surface area contributed by atoms with E-state index in [0.717, 1.165) is 12.3 Å². The van der Waals surface area contributed by atoms with Gasteiger partial charge in [-0.2, -0.15) is 0 Å². The fraction of sp³-hybridized carbons (Fsp3) is 0.647. The Balaban J connectivity index is 1.73. The number of rotatable bonds is 4. The second kappa shape index (κ2) is 5.16. The van der Waals surface area contributed by atoms with Crippen LogP contribution in [0.15, 0.2) is 18.2 Å². The lowest BCUT2D eigenvalue weighted by Gasteiger charge is -2.40. The molecule has 0 saturated heterocycles. The van der Waals surface area contributed by atoms with Gasteiger partial charge in [-0.15, -0.1) is 0 Å². The second-order valence-corrected chi connectivity index (χ2v) is 6.55. The third-order valence-corrected chi connectivity index (χ3v) is 5.00. The van der Waals surface area contributed by atoms with Gasteiger partial charge in [0.1, 0.15) is 5.75 Å². The summed E-state index contributed by atoms with van der Waals surface area (Å²) < 4.78 is 5.38. The summed E-state index contributed by atoms with van der Waals surface area (Å²) in [4.78, 5) is 0. The van der Waals surface area contributed by atoms with Crippen LogP contribution in [0.4, 0.5) is 0 Å². The van der Waals surface area contributed by atoms with Crippen molar-refractivity contribution in [2.45, 2.75) is 51.5 Å². The molecular weight excluding hydrogens is 234 g/mol. The second-order valence-electron chi connectivity index (χ2n) is 6.55. The number of methoxy groups -OCH3 is 1. The number of nitrogens with one attached hydrogen (secondary N) is 1. The van der Waals surface area contributed by atoms with Crippen molar-refractivity contribution in [3.63, 3.8) is 0 Å². The lowest BCUT2D eigenvalue weighted by molar-refractivity contribution is 0.149. The predicted octanol–water partition coefficient (Wildman–Crippen LogP) is 3.85. The molecule has 0 radical (unpaired) electrons. The molecule has 0 spiro atoms. The van der Waals surface area contributed by atoms with Crippen LogP contribution in [0.2, 0.25) is 0 Å². The Morgan fingerprint density at radius 2 is 2.16 bits per heavy atom. The third kappa shape index (κ3) is 2.64. The summed E-state index contributed by atoms with van der Waals surface area (Å²) in [5.41, 5.74) is 3.52. The molecule has 1 aromatic carbocycles. The van der Waals surface area contributed by atoms with E-state index in [0.29, 0.717) is 11.5 Å². The van der Waals surface area contributed by atoms with E-state index in [2.05, 4.69) is 30.4 Å². The van der Waals surface area contributed by atoms with Crippen LogP contribution in [0.1, 0.15) is 56.2 Å². The number of aryl methyl sites for hydroxylation is 1. The Bertz CT molecular complexity index is 451. The van der Waals surface area contributed by atoms with Crippen LogP contribution in [-0.4, -0.2) is 13.7 Å². The normalized spacial score (nSPS) is 24.4. The van der Waals surface area contributed by atoms with Crippen LogP contribution >= 0.6 is 0 Å². The zero-order chi connectivity index (χ0) is 13.3. The van der Waals surface area contributed by atoms with Gasteiger partial charge >= 0.3 is 0 Å². The van der Waals surface area contributed by atoms with Crippen molar-refractivity contribution >= 4 is 0 Å². The van der Waals surface area contributed by atoms with Gasteiger partial charge in [0.25, 0.3) is 0 Å². The summed E-state index contributed by atoms with van der Waals surface area (Å²) in [5, 5.41) is 3.82. The molecule has 1 atom stereocenters. The quantitative estimate of drug-likeness (QED) is 0.886. The molecule has 2 aliphatic carbocycles. The lowest BCUT2D eigenvalue weighted by Crippen LogP contribution is -2.39. The van der Waals surface area contributed by atoms with E-state index in [4.69, 9.17) is 4.74 Å². The summed E-state index contributed by atoms with van der Waals surface area (Å²) in [5.74, 6) is 0.988. The van der Waals surface area contributed by atoms with Gasteiger partial charge in [0.15, 0.2) is 0 Å². The molecule has 19 heavy (non-hydrogen) atoms. The van der Waals surface area contributed by atoms with Crippen molar-refractivity contribution in [3.05, 3.63) is 29.3 Å². The first-order chi connectivity index (χ1) is 9.20. The molecule has 104 valence electrons. The Kier molecular flexibility index (Phi) is 3.53. The van der Waals surface area contributed by atoms with Crippen LogP contribution in [0.3, 0.4) is 0 Å². The van der Waals surface area contributed by atoms with Crippen molar-refractivity contribution < 1.29 is 4.74 Å². The maximum absolute atomic E-state index is 5.38. The fourth-order valence-electron chi connectivity index (χ4n) is 3.44. The molecule has 2 nitrogen and oxygen atoms in total. The summed E-state index contributed by atoms with van der Waals surface area (Å²) in [6.07, 6.45) is 7.96. The molecule has 1 fully saturated rings. The molecule has 3 rings (SSSR count). The molecule has 1 saturated carbocycles. The minimum absolute atomic E-state index is 0.524. The van der Waals surface area contributed by atoms with E-state index in [-0.39, 0.29) is 0 Å². The van der Waals surface area contributed by atoms with Crippen LogP contribution in [0.25, 0.3) is 0 Å². The van der Waals surface area contributed by atoms with E-state index < -0.39 is 0 Å². The summed E-state index contributed by atoms with van der Waals surface area (Å²) in [6, 6.07) is 7.09. The molecular formula is C17H25NO. The van der Waals surface area contributed by atoms with E-state index in [1.54, 1.807) is 7.11 Å². The third-order valence-electron chi connectivity index (χ3n) is 5.00. The van der Waals surface area contributed by atoms with Crippen molar-refractivity contribution in [1.29, 1.82) is 0 Å². The average molecular weight is 259 g/mol. The van der Waals surface area contributed by atoms with Gasteiger partial charge in [-0.1, -0.05) is 19.4 Å². The van der Waals surface area contributed by atoms with Crippen LogP contribution in [0, 0.1) is 5.41 Å². The SMILES string of the molecule is COc1ccc2c(c1)C(NCC1(C)CCC1)CCC2. The minimum atomic E-state index is 0.524. The molecule has 0 aromatic heterocycles. The van der Waals surface area contributed by atoms with Crippen LogP contribution in [0.5, 0.6) is 5.75 Å². The Morgan fingerprint density at radius 1 is 1.32 bits per heavy atom. The minimum Gasteiger partial charge on any atom is -0.497 e. The van der Waals surface area contributed by atoms with E-state index in [1.807, 2.05) is 0 Å². The zero-order valence-electron chi connectivity index (χ0n) is 12.2. The van der Waals surface area contributed by atoms with Gasteiger partial charge in [-0.3, -0.25) is 0 Å². The molecule has 1 unspecified atom stereocenters. The van der Waals surface area contributed by atoms with Crippen LogP contribution < -0.4 is 10.1 Å². The number of fused-ring (bicyclic) bond motifs is 1. The van der Waals surface area contributed by atoms with Crippen molar-refractivity contribution in [2.75, 3.05) is 13.7 Å². The highest BCUT2D eigenvalue weighted by molar-refractivity contribution is 5.39. The maximum Gasteiger partial charge on any atom is 0.119 e. The number of ether oxygens (including phenoxy) is 1. The predicted molar refractivity (Wildman–Crippen MR) is 78.6 cm³/mol. The highest BCUT2D eigenvalue weighted by atomic mass is 16.5. The van der Waals surface area contributed by atoms with Gasteiger partial charge in [0, 0.05) is 12.6 Å². The molecule has 0 bridgehead atoms. The molecule has 0 heterocycles. The van der Waals surface area contributed by atoms with Crippen molar-refractivity contribution in [3.8, 4) is 5.75 Å². The van der Waals surface area contributed by atoms with Gasteiger partial charge in [-0.25, -0.2) is 0 Å². The number of hydrogen-bond acceptors (Lipinski definition) is 2. The van der Waals surface area contributed by atoms with E-state index >= 15 is 0 Å². The summed E-state index contributed by atoms with van der Waals surface area (Å²) in [7, 11) is 1.75. The highest BCUT2D eigenvalue weighted by Gasteiger charge is 2.32. The topological polar surface area (TPSA) is 21.3 Å². The fourth-order valence-corrected chi connectivity index (χ4v) is 3.44. The van der Waals surface area contributed by atoms with Gasteiger partial charge < -0.3 is 10.1 Å². The summed E-state index contributed by atoms with van der Waals surface area (Å²) >= 11 is 0. The van der Waals surface area contributed by atoms with Crippen molar-refractivity contribution in [1.82, 2.24) is 5.32 Å². The lowest BCUT2D eigenvalue weighted by atomic mass is 9.70.